The van der Waals surface area contributed by atoms with Crippen LogP contribution >= 0.6 is 0 Å². The summed E-state index contributed by atoms with van der Waals surface area (Å²) >= 11 is 0. The summed E-state index contributed by atoms with van der Waals surface area (Å²) in [7, 11) is 1.30. The molecule has 0 aliphatic carbocycles. The van der Waals surface area contributed by atoms with Crippen LogP contribution in [0.3, 0.4) is 0 Å². The Kier molecular flexibility index (Phi) is 6.81. The molecule has 10 heteroatoms. The van der Waals surface area contributed by atoms with Gasteiger partial charge in [-0.2, -0.15) is 13.2 Å². The highest BCUT2D eigenvalue weighted by Gasteiger charge is 2.42. The molecule has 184 valence electrons. The first-order valence-electron chi connectivity index (χ1n) is 11.1. The molecule has 1 fully saturated rings. The van der Waals surface area contributed by atoms with Gasteiger partial charge in [0.15, 0.2) is 0 Å². The number of hydrogen-bond donors (Lipinski definition) is 0. The third kappa shape index (κ3) is 5.31. The van der Waals surface area contributed by atoms with Crippen molar-refractivity contribution in [2.24, 2.45) is 0 Å². The zero-order valence-corrected chi connectivity index (χ0v) is 19.0. The molecule has 0 bridgehead atoms. The molecule has 0 aromatic heterocycles. The minimum absolute atomic E-state index is 0.00588. The van der Waals surface area contributed by atoms with Gasteiger partial charge in [-0.15, -0.1) is 0 Å². The summed E-state index contributed by atoms with van der Waals surface area (Å²) in [6.07, 6.45) is -1.34. The molecule has 7 nitrogen and oxygen atoms in total. The lowest BCUT2D eigenvalue weighted by molar-refractivity contribution is -0.185. The van der Waals surface area contributed by atoms with Crippen LogP contribution in [-0.2, 0) is 27.2 Å². The highest BCUT2D eigenvalue weighted by molar-refractivity contribution is 6.06. The maximum atomic E-state index is 13.1. The van der Waals surface area contributed by atoms with E-state index in [-0.39, 0.29) is 25.5 Å². The molecule has 0 saturated carbocycles. The van der Waals surface area contributed by atoms with Crippen molar-refractivity contribution in [2.45, 2.75) is 19.0 Å². The molecule has 2 heterocycles. The third-order valence-corrected chi connectivity index (χ3v) is 6.16. The van der Waals surface area contributed by atoms with E-state index in [1.54, 1.807) is 46.2 Å². The van der Waals surface area contributed by atoms with E-state index in [0.29, 0.717) is 30.9 Å². The molecule has 35 heavy (non-hydrogen) atoms. The molecule has 4 rings (SSSR count). The molecule has 2 aromatic carbocycles. The highest BCUT2D eigenvalue weighted by Crippen LogP contribution is 2.29. The second kappa shape index (κ2) is 9.81. The van der Waals surface area contributed by atoms with Crippen molar-refractivity contribution in [1.82, 2.24) is 4.90 Å². The molecular weight excluding hydrogens is 463 g/mol. The number of halogens is 3. The number of esters is 1. The van der Waals surface area contributed by atoms with Gasteiger partial charge in [0.05, 0.1) is 7.11 Å². The van der Waals surface area contributed by atoms with Crippen molar-refractivity contribution in [3.8, 4) is 0 Å². The number of benzene rings is 2. The van der Waals surface area contributed by atoms with Crippen LogP contribution in [0.25, 0.3) is 6.08 Å². The summed E-state index contributed by atoms with van der Waals surface area (Å²) in [6.45, 7) is 0.916. The predicted molar refractivity (Wildman–Crippen MR) is 124 cm³/mol. The van der Waals surface area contributed by atoms with Crippen molar-refractivity contribution in [1.29, 1.82) is 0 Å². The SMILES string of the molecule is COC(=O)C=Cc1ccc(N2CCN(c3ccc4c(c3)CCN(C(=O)C(F)(F)F)CC4)C2=O)cc1. The number of amides is 3. The zero-order valence-electron chi connectivity index (χ0n) is 19.0. The summed E-state index contributed by atoms with van der Waals surface area (Å²) in [6, 6.07) is 12.4. The van der Waals surface area contributed by atoms with Gasteiger partial charge < -0.3 is 9.64 Å². The fourth-order valence-electron chi connectivity index (χ4n) is 4.28. The van der Waals surface area contributed by atoms with Gasteiger partial charge in [-0.3, -0.25) is 14.6 Å². The number of carbonyl (C=O) groups excluding carboxylic acids is 3. The normalized spacial score (nSPS) is 16.5. The van der Waals surface area contributed by atoms with Crippen molar-refractivity contribution >= 4 is 35.4 Å². The number of nitrogens with zero attached hydrogens (tertiary/aromatic N) is 3. The monoisotopic (exact) mass is 487 g/mol. The molecule has 0 spiro atoms. The van der Waals surface area contributed by atoms with Crippen LogP contribution in [0, 0.1) is 0 Å². The Bertz CT molecular complexity index is 1160. The summed E-state index contributed by atoms with van der Waals surface area (Å²) in [5, 5.41) is 0. The smallest absolute Gasteiger partial charge is 0.466 e. The van der Waals surface area contributed by atoms with Gasteiger partial charge in [-0.25, -0.2) is 9.59 Å². The number of anilines is 2. The van der Waals surface area contributed by atoms with E-state index in [1.165, 1.54) is 13.2 Å². The van der Waals surface area contributed by atoms with E-state index in [1.807, 2.05) is 12.1 Å². The van der Waals surface area contributed by atoms with Gasteiger partial charge in [0, 0.05) is 43.6 Å². The molecule has 0 unspecified atom stereocenters. The lowest BCUT2D eigenvalue weighted by atomic mass is 10.0. The average Bonchev–Trinajstić information content (AvgIpc) is 3.10. The maximum Gasteiger partial charge on any atom is 0.471 e. The fraction of sp³-hybridized carbons (Fsp3) is 0.320. The topological polar surface area (TPSA) is 70.2 Å². The molecule has 0 atom stereocenters. The summed E-state index contributed by atoms with van der Waals surface area (Å²) in [5.41, 5.74) is 3.89. The first-order chi connectivity index (χ1) is 16.7. The number of urea groups is 1. The minimum atomic E-state index is -4.89. The van der Waals surface area contributed by atoms with Gasteiger partial charge in [-0.1, -0.05) is 18.2 Å². The number of ether oxygens (including phenoxy) is 1. The van der Waals surface area contributed by atoms with E-state index >= 15 is 0 Å². The Morgan fingerprint density at radius 3 is 2.11 bits per heavy atom. The van der Waals surface area contributed by atoms with E-state index < -0.39 is 18.1 Å². The number of carbonyl (C=O) groups is 3. The van der Waals surface area contributed by atoms with E-state index in [4.69, 9.17) is 0 Å². The van der Waals surface area contributed by atoms with Crippen LogP contribution < -0.4 is 9.80 Å². The van der Waals surface area contributed by atoms with Crippen molar-refractivity contribution in [3.05, 3.63) is 65.2 Å². The van der Waals surface area contributed by atoms with E-state index in [9.17, 15) is 27.6 Å². The molecule has 1 saturated heterocycles. The van der Waals surface area contributed by atoms with Crippen LogP contribution in [0.2, 0.25) is 0 Å². The summed E-state index contributed by atoms with van der Waals surface area (Å²) in [4.78, 5) is 40.1. The second-order valence-electron chi connectivity index (χ2n) is 8.28. The second-order valence-corrected chi connectivity index (χ2v) is 8.28. The first-order valence-corrected chi connectivity index (χ1v) is 11.1. The molecular formula is C25H24F3N3O4. The Hall–Kier alpha value is -3.82. The molecule has 3 amide bonds. The van der Waals surface area contributed by atoms with E-state index in [2.05, 4.69) is 4.74 Å². The first kappa shape index (κ1) is 24.3. The van der Waals surface area contributed by atoms with Crippen molar-refractivity contribution < 1.29 is 32.3 Å². The Labute approximate surface area is 200 Å². The van der Waals surface area contributed by atoms with Crippen molar-refractivity contribution in [2.75, 3.05) is 43.1 Å². The number of alkyl halides is 3. The standard InChI is InChI=1S/C25H24F3N3O4/c1-35-22(32)9-4-17-2-6-20(7-3-17)30-14-15-31(24(30)34)21-8-5-18-10-12-29(13-11-19(18)16-21)23(33)25(26,27)28/h2-9,16H,10-15H2,1H3. The summed E-state index contributed by atoms with van der Waals surface area (Å²) < 4.78 is 43.1. The predicted octanol–water partition coefficient (Wildman–Crippen LogP) is 3.81. The Balaban J connectivity index is 1.45. The number of rotatable bonds is 4. The largest absolute Gasteiger partial charge is 0.471 e. The third-order valence-electron chi connectivity index (χ3n) is 6.16. The Morgan fingerprint density at radius 1 is 0.886 bits per heavy atom. The van der Waals surface area contributed by atoms with Gasteiger partial charge in [0.2, 0.25) is 0 Å². The number of fused-ring (bicyclic) bond motifs is 1. The molecule has 0 radical (unpaired) electrons. The van der Waals surface area contributed by atoms with Crippen LogP contribution in [0.1, 0.15) is 16.7 Å². The average molecular weight is 487 g/mol. The summed E-state index contributed by atoms with van der Waals surface area (Å²) in [5.74, 6) is -2.28. The quantitative estimate of drug-likeness (QED) is 0.486. The maximum absolute atomic E-state index is 13.1. The van der Waals surface area contributed by atoms with Gasteiger partial charge >= 0.3 is 24.1 Å². The van der Waals surface area contributed by atoms with Gasteiger partial charge in [-0.05, 0) is 59.9 Å². The van der Waals surface area contributed by atoms with Crippen LogP contribution in [0.15, 0.2) is 48.5 Å². The van der Waals surface area contributed by atoms with Crippen LogP contribution in [-0.4, -0.2) is 62.3 Å². The number of hydrogen-bond acceptors (Lipinski definition) is 4. The van der Waals surface area contributed by atoms with Crippen LogP contribution in [0.5, 0.6) is 0 Å². The van der Waals surface area contributed by atoms with E-state index in [0.717, 1.165) is 21.6 Å². The Morgan fingerprint density at radius 2 is 1.49 bits per heavy atom. The van der Waals surface area contributed by atoms with Crippen LogP contribution in [0.4, 0.5) is 29.3 Å². The van der Waals surface area contributed by atoms with Gasteiger partial charge in [0.25, 0.3) is 0 Å². The molecule has 2 aliphatic rings. The minimum Gasteiger partial charge on any atom is -0.466 e. The lowest BCUT2D eigenvalue weighted by Crippen LogP contribution is -2.42. The van der Waals surface area contributed by atoms with Crippen molar-refractivity contribution in [3.63, 3.8) is 0 Å². The molecule has 2 aliphatic heterocycles. The highest BCUT2D eigenvalue weighted by atomic mass is 19.4. The lowest BCUT2D eigenvalue weighted by Gasteiger charge is -2.21. The molecule has 2 aromatic rings. The molecule has 0 N–H and O–H groups in total. The zero-order chi connectivity index (χ0) is 25.2. The fourth-order valence-corrected chi connectivity index (χ4v) is 4.28. The van der Waals surface area contributed by atoms with Gasteiger partial charge in [0.1, 0.15) is 0 Å². The number of methoxy groups -OCH3 is 1.